The molecular formula is C24H18ClF4N3O3S. The van der Waals surface area contributed by atoms with Crippen LogP contribution >= 0.6 is 23.4 Å². The van der Waals surface area contributed by atoms with Gasteiger partial charge in [0.05, 0.1) is 0 Å². The zero-order chi connectivity index (χ0) is 25.9. The van der Waals surface area contributed by atoms with Crippen molar-refractivity contribution in [2.75, 3.05) is 11.7 Å². The molecule has 188 valence electrons. The molecule has 2 aliphatic heterocycles. The van der Waals surface area contributed by atoms with Crippen LogP contribution in [0.1, 0.15) is 40.1 Å². The van der Waals surface area contributed by atoms with Gasteiger partial charge in [-0.1, -0.05) is 41.9 Å². The number of carbonyl (C=O) groups is 1. The van der Waals surface area contributed by atoms with Crippen LogP contribution in [0.4, 0.5) is 17.6 Å². The Morgan fingerprint density at radius 1 is 1.14 bits per heavy atom. The number of thioether (sulfide) groups is 1. The van der Waals surface area contributed by atoms with E-state index < -0.39 is 58.5 Å². The summed E-state index contributed by atoms with van der Waals surface area (Å²) in [4.78, 5) is 26.9. The van der Waals surface area contributed by atoms with Crippen LogP contribution in [0.2, 0.25) is 5.02 Å². The Morgan fingerprint density at radius 2 is 1.86 bits per heavy atom. The maximum atomic E-state index is 15.4. The topological polar surface area (TPSA) is 65.8 Å². The quantitative estimate of drug-likeness (QED) is 0.462. The van der Waals surface area contributed by atoms with E-state index in [9.17, 15) is 27.9 Å². The Bertz CT molecular complexity index is 1450. The average molecular weight is 540 g/mol. The van der Waals surface area contributed by atoms with E-state index in [0.29, 0.717) is 21.8 Å². The highest BCUT2D eigenvalue weighted by Crippen LogP contribution is 2.44. The van der Waals surface area contributed by atoms with Crippen molar-refractivity contribution >= 4 is 29.3 Å². The van der Waals surface area contributed by atoms with E-state index in [4.69, 9.17) is 11.6 Å². The molecule has 0 bridgehead atoms. The molecule has 2 aromatic carbocycles. The van der Waals surface area contributed by atoms with E-state index in [1.54, 1.807) is 30.3 Å². The lowest BCUT2D eigenvalue weighted by molar-refractivity contribution is -0.173. The van der Waals surface area contributed by atoms with Crippen molar-refractivity contribution in [1.82, 2.24) is 9.58 Å². The third kappa shape index (κ3) is 3.81. The highest BCUT2D eigenvalue weighted by molar-refractivity contribution is 7.98. The van der Waals surface area contributed by atoms with Crippen LogP contribution in [0.3, 0.4) is 0 Å². The van der Waals surface area contributed by atoms with Crippen molar-refractivity contribution in [2.45, 2.75) is 35.8 Å². The molecular weight excluding hydrogens is 522 g/mol. The minimum atomic E-state index is -4.80. The standard InChI is InChI=1S/C24H18ClF4N3O3S/c1-12(24(27,28)29)30-11-32(31-9-15(25)21(33)22(34)20(31)23(30)35)19-14-6-2-3-8-17(14)36-10-13-5-4-7-16(26)18(13)19/h2-9,12,19,34H,10-11H2,1H3/t12-,19-/m1/s1. The number of aromatic hydroxyl groups is 1. The molecule has 0 fully saturated rings. The van der Waals surface area contributed by atoms with Crippen LogP contribution in [-0.2, 0) is 5.75 Å². The van der Waals surface area contributed by atoms with Crippen LogP contribution in [0.25, 0.3) is 0 Å². The first-order valence-corrected chi connectivity index (χ1v) is 12.1. The lowest BCUT2D eigenvalue weighted by Gasteiger charge is -2.46. The van der Waals surface area contributed by atoms with Crippen LogP contribution < -0.4 is 10.4 Å². The second-order valence-corrected chi connectivity index (χ2v) is 9.89. The van der Waals surface area contributed by atoms with Gasteiger partial charge in [-0.05, 0) is 30.2 Å². The summed E-state index contributed by atoms with van der Waals surface area (Å²) in [6, 6.07) is 8.32. The largest absolute Gasteiger partial charge is 0.502 e. The molecule has 2 atom stereocenters. The number of fused-ring (bicyclic) bond motifs is 3. The fourth-order valence-corrected chi connectivity index (χ4v) is 5.81. The van der Waals surface area contributed by atoms with Gasteiger partial charge >= 0.3 is 6.18 Å². The van der Waals surface area contributed by atoms with Gasteiger partial charge in [-0.3, -0.25) is 19.3 Å². The third-order valence-corrected chi connectivity index (χ3v) is 7.82. The molecule has 12 heteroatoms. The van der Waals surface area contributed by atoms with Crippen molar-refractivity contribution < 1.29 is 27.5 Å². The minimum Gasteiger partial charge on any atom is -0.502 e. The number of alkyl halides is 3. The number of rotatable bonds is 2. The van der Waals surface area contributed by atoms with Crippen molar-refractivity contribution in [2.24, 2.45) is 0 Å². The molecule has 1 aromatic heterocycles. The smallest absolute Gasteiger partial charge is 0.408 e. The predicted octanol–water partition coefficient (Wildman–Crippen LogP) is 5.04. The molecule has 36 heavy (non-hydrogen) atoms. The molecule has 1 amide bonds. The van der Waals surface area contributed by atoms with E-state index in [1.165, 1.54) is 22.8 Å². The summed E-state index contributed by atoms with van der Waals surface area (Å²) in [5, 5.41) is 11.4. The van der Waals surface area contributed by atoms with E-state index in [1.807, 2.05) is 6.07 Å². The molecule has 3 heterocycles. The molecule has 3 aromatic rings. The highest BCUT2D eigenvalue weighted by Gasteiger charge is 2.48. The summed E-state index contributed by atoms with van der Waals surface area (Å²) in [5.41, 5.74) is -0.365. The number of pyridine rings is 1. The SMILES string of the molecule is C[C@@H](N1CN([C@@H]2c3ccccc3SCc3cccc(F)c32)n2cc(Cl)c(=O)c(O)c2C1=O)C(F)(F)F. The van der Waals surface area contributed by atoms with E-state index >= 15 is 4.39 Å². The fourth-order valence-electron chi connectivity index (χ4n) is 4.54. The zero-order valence-corrected chi connectivity index (χ0v) is 20.2. The maximum Gasteiger partial charge on any atom is 0.408 e. The van der Waals surface area contributed by atoms with Crippen LogP contribution in [-0.4, -0.2) is 39.5 Å². The van der Waals surface area contributed by atoms with Crippen molar-refractivity contribution in [1.29, 1.82) is 0 Å². The first kappa shape index (κ1) is 24.5. The minimum absolute atomic E-state index is 0.212. The summed E-state index contributed by atoms with van der Waals surface area (Å²) >= 11 is 7.48. The van der Waals surface area contributed by atoms with E-state index in [2.05, 4.69) is 0 Å². The molecule has 1 N–H and O–H groups in total. The molecule has 0 radical (unpaired) electrons. The first-order valence-electron chi connectivity index (χ1n) is 10.8. The van der Waals surface area contributed by atoms with Crippen LogP contribution in [0, 0.1) is 5.82 Å². The van der Waals surface area contributed by atoms with E-state index in [0.717, 1.165) is 22.7 Å². The zero-order valence-electron chi connectivity index (χ0n) is 18.6. The monoisotopic (exact) mass is 539 g/mol. The Kier molecular flexibility index (Phi) is 5.95. The van der Waals surface area contributed by atoms with Crippen LogP contribution in [0.15, 0.2) is 58.4 Å². The summed E-state index contributed by atoms with van der Waals surface area (Å²) in [5.74, 6) is -2.46. The van der Waals surface area contributed by atoms with Gasteiger partial charge in [0.2, 0.25) is 5.43 Å². The van der Waals surface area contributed by atoms with Gasteiger partial charge in [-0.15, -0.1) is 11.8 Å². The summed E-state index contributed by atoms with van der Waals surface area (Å²) in [6.07, 6.45) is -3.74. The van der Waals surface area contributed by atoms with Gasteiger partial charge < -0.3 is 10.0 Å². The Balaban J connectivity index is 1.82. The van der Waals surface area contributed by atoms with Gasteiger partial charge in [0.1, 0.15) is 29.6 Å². The van der Waals surface area contributed by atoms with Gasteiger partial charge in [0.25, 0.3) is 5.91 Å². The molecule has 0 spiro atoms. The average Bonchev–Trinajstić information content (AvgIpc) is 3.00. The number of carbonyl (C=O) groups excluding carboxylic acids is 1. The normalized spacial score (nSPS) is 18.3. The number of benzene rings is 2. The number of hydrogen-bond donors (Lipinski definition) is 1. The van der Waals surface area contributed by atoms with Crippen molar-refractivity contribution in [3.63, 3.8) is 0 Å². The Hall–Kier alpha value is -3.18. The summed E-state index contributed by atoms with van der Waals surface area (Å²) in [6.45, 7) is 0.185. The van der Waals surface area contributed by atoms with Gasteiger partial charge in [0.15, 0.2) is 11.4 Å². The number of nitrogens with zero attached hydrogens (tertiary/aromatic N) is 3. The molecule has 2 aliphatic rings. The fraction of sp³-hybridized carbons (Fsp3) is 0.250. The van der Waals surface area contributed by atoms with E-state index in [-0.39, 0.29) is 5.56 Å². The number of amides is 1. The van der Waals surface area contributed by atoms with Crippen LogP contribution in [0.5, 0.6) is 5.75 Å². The van der Waals surface area contributed by atoms with Gasteiger partial charge in [0, 0.05) is 22.4 Å². The van der Waals surface area contributed by atoms with Gasteiger partial charge in [-0.2, -0.15) is 13.2 Å². The second kappa shape index (κ2) is 8.74. The molecule has 6 nitrogen and oxygen atoms in total. The first-order chi connectivity index (χ1) is 17.0. The molecule has 0 saturated carbocycles. The maximum absolute atomic E-state index is 15.4. The number of hydrogen-bond acceptors (Lipinski definition) is 5. The number of halogens is 5. The Labute approximate surface area is 211 Å². The molecule has 0 unspecified atom stereocenters. The van der Waals surface area contributed by atoms with Crippen molar-refractivity contribution in [3.05, 3.63) is 92.1 Å². The Morgan fingerprint density at radius 3 is 2.58 bits per heavy atom. The molecule has 5 rings (SSSR count). The predicted molar refractivity (Wildman–Crippen MR) is 126 cm³/mol. The second-order valence-electron chi connectivity index (χ2n) is 8.46. The number of aromatic nitrogens is 1. The lowest BCUT2D eigenvalue weighted by Crippen LogP contribution is -2.60. The highest BCUT2D eigenvalue weighted by atomic mass is 35.5. The third-order valence-electron chi connectivity index (χ3n) is 6.41. The summed E-state index contributed by atoms with van der Waals surface area (Å²) < 4.78 is 57.8. The molecule has 0 saturated heterocycles. The molecule has 0 aliphatic carbocycles. The van der Waals surface area contributed by atoms with Gasteiger partial charge in [-0.25, -0.2) is 4.39 Å². The lowest BCUT2D eigenvalue weighted by atomic mass is 9.93. The van der Waals surface area contributed by atoms with Crippen molar-refractivity contribution in [3.8, 4) is 5.75 Å². The summed E-state index contributed by atoms with van der Waals surface area (Å²) in [7, 11) is 0.